The zero-order valence-corrected chi connectivity index (χ0v) is 13.8. The van der Waals surface area contributed by atoms with Gasteiger partial charge in [-0.2, -0.15) is 0 Å². The van der Waals surface area contributed by atoms with E-state index < -0.39 is 5.91 Å². The molecule has 1 aliphatic heterocycles. The molecule has 0 radical (unpaired) electrons. The molecule has 1 aromatic rings. The summed E-state index contributed by atoms with van der Waals surface area (Å²) in [7, 11) is 0. The molecule has 20 heavy (non-hydrogen) atoms. The van der Waals surface area contributed by atoms with Gasteiger partial charge < -0.3 is 16.4 Å². The summed E-state index contributed by atoms with van der Waals surface area (Å²) in [6.07, 6.45) is 6.97. The summed E-state index contributed by atoms with van der Waals surface area (Å²) in [6.45, 7) is 4.36. The van der Waals surface area contributed by atoms with E-state index in [2.05, 4.69) is 11.8 Å². The Bertz CT molecular complexity index is 487. The number of amides is 1. The predicted octanol–water partition coefficient (Wildman–Crippen LogP) is 3.17. The molecule has 0 bridgehead atoms. The molecule has 1 saturated heterocycles. The van der Waals surface area contributed by atoms with Gasteiger partial charge >= 0.3 is 0 Å². The Balaban J connectivity index is 2.27. The highest BCUT2D eigenvalue weighted by Gasteiger charge is 2.24. The van der Waals surface area contributed by atoms with E-state index in [1.807, 2.05) is 6.26 Å². The van der Waals surface area contributed by atoms with Crippen molar-refractivity contribution in [1.82, 2.24) is 0 Å². The fraction of sp³-hybridized carbons (Fsp3) is 0.643. The fourth-order valence-corrected chi connectivity index (χ4v) is 4.87. The second-order valence-corrected chi connectivity index (χ2v) is 7.06. The zero-order chi connectivity index (χ0) is 14.7. The van der Waals surface area contributed by atoms with Crippen LogP contribution in [-0.4, -0.2) is 25.3 Å². The number of rotatable bonds is 4. The molecule has 1 atom stereocenters. The lowest BCUT2D eigenvalue weighted by Gasteiger charge is -2.22. The number of hydrogen-bond acceptors (Lipinski definition) is 5. The molecule has 2 rings (SSSR count). The normalized spacial score (nSPS) is 19.9. The van der Waals surface area contributed by atoms with E-state index >= 15 is 0 Å². The molecular weight excluding hydrogens is 290 g/mol. The van der Waals surface area contributed by atoms with Crippen molar-refractivity contribution in [3.8, 4) is 0 Å². The van der Waals surface area contributed by atoms with Gasteiger partial charge in [0.15, 0.2) is 0 Å². The zero-order valence-electron chi connectivity index (χ0n) is 12.1. The number of thiophene rings is 1. The van der Waals surface area contributed by atoms with Gasteiger partial charge in [0.1, 0.15) is 9.88 Å². The van der Waals surface area contributed by atoms with Crippen molar-refractivity contribution < 1.29 is 4.79 Å². The van der Waals surface area contributed by atoms with Crippen LogP contribution in [0.2, 0.25) is 0 Å². The van der Waals surface area contributed by atoms with Crippen LogP contribution >= 0.6 is 23.1 Å². The lowest BCUT2D eigenvalue weighted by Crippen LogP contribution is -2.23. The predicted molar refractivity (Wildman–Crippen MR) is 88.9 cm³/mol. The minimum absolute atomic E-state index is 0.421. The Morgan fingerprint density at radius 1 is 1.45 bits per heavy atom. The first-order valence-electron chi connectivity index (χ1n) is 7.09. The third-order valence-electron chi connectivity index (χ3n) is 4.02. The molecule has 0 saturated carbocycles. The summed E-state index contributed by atoms with van der Waals surface area (Å²) < 4.78 is 0. The van der Waals surface area contributed by atoms with Gasteiger partial charge in [0.05, 0.1) is 10.6 Å². The number of carbonyl (C=O) groups is 1. The van der Waals surface area contributed by atoms with E-state index in [0.717, 1.165) is 28.9 Å². The molecule has 2 heterocycles. The number of nitrogen functional groups attached to an aromatic ring is 1. The Hall–Kier alpha value is -0.880. The molecule has 1 aliphatic rings. The average Bonchev–Trinajstić information content (AvgIpc) is 2.62. The van der Waals surface area contributed by atoms with E-state index in [-0.39, 0.29) is 0 Å². The number of nitrogens with zero attached hydrogens (tertiary/aromatic N) is 1. The number of primary amides is 1. The van der Waals surface area contributed by atoms with E-state index in [1.165, 1.54) is 37.0 Å². The van der Waals surface area contributed by atoms with Crippen LogP contribution in [0.4, 0.5) is 10.7 Å². The molecule has 4 nitrogen and oxygen atoms in total. The molecule has 1 aromatic heterocycles. The maximum absolute atomic E-state index is 11.5. The molecule has 6 heteroatoms. The Kier molecular flexibility index (Phi) is 5.21. The van der Waals surface area contributed by atoms with E-state index in [4.69, 9.17) is 11.5 Å². The highest BCUT2D eigenvalue weighted by molar-refractivity contribution is 7.99. The first-order valence-corrected chi connectivity index (χ1v) is 9.13. The van der Waals surface area contributed by atoms with E-state index in [9.17, 15) is 4.79 Å². The van der Waals surface area contributed by atoms with Crippen molar-refractivity contribution in [3.05, 3.63) is 4.88 Å². The highest BCUT2D eigenvalue weighted by atomic mass is 32.2. The van der Waals surface area contributed by atoms with Crippen molar-refractivity contribution in [3.63, 3.8) is 0 Å². The largest absolute Gasteiger partial charge is 0.396 e. The summed E-state index contributed by atoms with van der Waals surface area (Å²) >= 11 is 3.05. The Morgan fingerprint density at radius 2 is 2.20 bits per heavy atom. The smallest absolute Gasteiger partial charge is 0.261 e. The van der Waals surface area contributed by atoms with Crippen molar-refractivity contribution in [2.24, 2.45) is 11.7 Å². The van der Waals surface area contributed by atoms with E-state index in [0.29, 0.717) is 10.6 Å². The third kappa shape index (κ3) is 3.06. The van der Waals surface area contributed by atoms with Crippen LogP contribution in [0.3, 0.4) is 0 Å². The van der Waals surface area contributed by atoms with Crippen LogP contribution in [0.1, 0.15) is 42.3 Å². The summed E-state index contributed by atoms with van der Waals surface area (Å²) in [4.78, 5) is 15.4. The minimum atomic E-state index is -0.421. The molecule has 0 aliphatic carbocycles. The van der Waals surface area contributed by atoms with Gasteiger partial charge in [-0.15, -0.1) is 23.1 Å². The number of carbonyl (C=O) groups excluding carboxylic acids is 1. The topological polar surface area (TPSA) is 72.3 Å². The standard InChI is InChI=1S/C14H23N3OS2/c1-3-9-5-4-7-17(8-6-9)14-12(19-2)10(15)11(20-14)13(16)18/h9H,3-8,15H2,1-2H3,(H2,16,18). The second-order valence-electron chi connectivity index (χ2n) is 5.24. The minimum Gasteiger partial charge on any atom is -0.396 e. The quantitative estimate of drug-likeness (QED) is 0.838. The van der Waals surface area contributed by atoms with Gasteiger partial charge in [0.25, 0.3) is 5.91 Å². The van der Waals surface area contributed by atoms with Crippen LogP contribution in [0.15, 0.2) is 4.90 Å². The molecule has 1 amide bonds. The van der Waals surface area contributed by atoms with Crippen molar-refractivity contribution >= 4 is 39.7 Å². The second kappa shape index (κ2) is 6.72. The molecular formula is C14H23N3OS2. The summed E-state index contributed by atoms with van der Waals surface area (Å²) in [5, 5.41) is 1.13. The van der Waals surface area contributed by atoms with Crippen LogP contribution in [0, 0.1) is 5.92 Å². The lowest BCUT2D eigenvalue weighted by molar-refractivity contribution is 0.100. The molecule has 4 N–H and O–H groups in total. The molecule has 1 fully saturated rings. The van der Waals surface area contributed by atoms with Crippen molar-refractivity contribution in [1.29, 1.82) is 0 Å². The molecule has 112 valence electrons. The van der Waals surface area contributed by atoms with Gasteiger partial charge in [-0.05, 0) is 31.4 Å². The molecule has 1 unspecified atom stereocenters. The van der Waals surface area contributed by atoms with Crippen LogP contribution in [-0.2, 0) is 0 Å². The number of nitrogens with two attached hydrogens (primary N) is 2. The lowest BCUT2D eigenvalue weighted by atomic mass is 9.98. The molecule has 0 aromatic carbocycles. The van der Waals surface area contributed by atoms with Gasteiger partial charge in [-0.25, -0.2) is 0 Å². The SMILES string of the molecule is CCC1CCCN(c2sc(C(N)=O)c(N)c2SC)CC1. The number of anilines is 2. The van der Waals surface area contributed by atoms with Gasteiger partial charge in [0, 0.05) is 13.1 Å². The fourth-order valence-electron chi connectivity index (χ4n) is 2.78. The Labute approximate surface area is 128 Å². The average molecular weight is 313 g/mol. The summed E-state index contributed by atoms with van der Waals surface area (Å²) in [5.41, 5.74) is 12.1. The third-order valence-corrected chi connectivity index (χ3v) is 6.25. The van der Waals surface area contributed by atoms with Gasteiger partial charge in [0.2, 0.25) is 0 Å². The van der Waals surface area contributed by atoms with Gasteiger partial charge in [-0.3, -0.25) is 4.79 Å². The maximum atomic E-state index is 11.5. The van der Waals surface area contributed by atoms with Crippen molar-refractivity contribution in [2.45, 2.75) is 37.5 Å². The van der Waals surface area contributed by atoms with Crippen molar-refractivity contribution in [2.75, 3.05) is 30.0 Å². The maximum Gasteiger partial charge on any atom is 0.261 e. The van der Waals surface area contributed by atoms with E-state index in [1.54, 1.807) is 11.8 Å². The first kappa shape index (κ1) is 15.5. The Morgan fingerprint density at radius 3 is 2.80 bits per heavy atom. The van der Waals surface area contributed by atoms with Crippen LogP contribution in [0.25, 0.3) is 0 Å². The van der Waals surface area contributed by atoms with Crippen LogP contribution < -0.4 is 16.4 Å². The molecule has 0 spiro atoms. The summed E-state index contributed by atoms with van der Waals surface area (Å²) in [6, 6.07) is 0. The van der Waals surface area contributed by atoms with Crippen LogP contribution in [0.5, 0.6) is 0 Å². The van der Waals surface area contributed by atoms with Gasteiger partial charge in [-0.1, -0.05) is 13.3 Å². The number of hydrogen-bond donors (Lipinski definition) is 2. The summed E-state index contributed by atoms with van der Waals surface area (Å²) in [5.74, 6) is 0.404. The highest BCUT2D eigenvalue weighted by Crippen LogP contribution is 2.44. The first-order chi connectivity index (χ1) is 9.58. The number of thioether (sulfide) groups is 1. The monoisotopic (exact) mass is 313 g/mol.